The molecule has 178 valence electrons. The molecule has 34 heavy (non-hydrogen) atoms. The molecule has 0 aromatic heterocycles. The van der Waals surface area contributed by atoms with Gasteiger partial charge in [-0.05, 0) is 56.5 Å². The summed E-state index contributed by atoms with van der Waals surface area (Å²) in [6.45, 7) is 8.47. The third-order valence-electron chi connectivity index (χ3n) is 6.41. The molecule has 1 heterocycles. The van der Waals surface area contributed by atoms with Gasteiger partial charge in [0.1, 0.15) is 24.0 Å². The smallest absolute Gasteiger partial charge is 0.315 e. The van der Waals surface area contributed by atoms with Gasteiger partial charge in [-0.15, -0.1) is 0 Å². The second kappa shape index (κ2) is 10.2. The van der Waals surface area contributed by atoms with E-state index < -0.39 is 11.8 Å². The number of carbonyl (C=O) groups is 2. The molecule has 0 fully saturated rings. The third-order valence-corrected chi connectivity index (χ3v) is 6.41. The Balaban J connectivity index is 1.74. The fourth-order valence-electron chi connectivity index (χ4n) is 4.76. The SMILES string of the molecule is C=C1NC2=C(C(=O)CCC2)C(c2ccc(OC)c(COc3ccc(C)cc3)c2)C1C(=O)OCC. The maximum atomic E-state index is 13.1. The number of esters is 1. The van der Waals surface area contributed by atoms with Crippen LogP contribution in [0.4, 0.5) is 0 Å². The Hall–Kier alpha value is -3.54. The number of hydrogen-bond donors (Lipinski definition) is 1. The minimum atomic E-state index is -0.694. The largest absolute Gasteiger partial charge is 0.496 e. The van der Waals surface area contributed by atoms with Crippen LogP contribution in [0.25, 0.3) is 0 Å². The molecular weight excluding hydrogens is 430 g/mol. The molecule has 1 aliphatic carbocycles. The molecule has 0 saturated carbocycles. The van der Waals surface area contributed by atoms with Crippen LogP contribution in [0.3, 0.4) is 0 Å². The molecule has 6 nitrogen and oxygen atoms in total. The zero-order valence-corrected chi connectivity index (χ0v) is 20.0. The van der Waals surface area contributed by atoms with Crippen LogP contribution in [0.1, 0.15) is 48.8 Å². The number of carbonyl (C=O) groups excluding carboxylic acids is 2. The lowest BCUT2D eigenvalue weighted by Crippen LogP contribution is -2.41. The lowest BCUT2D eigenvalue weighted by molar-refractivity contribution is -0.147. The van der Waals surface area contributed by atoms with Crippen LogP contribution in [-0.4, -0.2) is 25.5 Å². The first-order chi connectivity index (χ1) is 16.4. The van der Waals surface area contributed by atoms with E-state index in [-0.39, 0.29) is 25.0 Å². The summed E-state index contributed by atoms with van der Waals surface area (Å²) in [5, 5.41) is 3.24. The number of aryl methyl sites for hydroxylation is 1. The molecule has 2 aromatic rings. The van der Waals surface area contributed by atoms with Crippen LogP contribution in [0.5, 0.6) is 11.5 Å². The predicted molar refractivity (Wildman–Crippen MR) is 130 cm³/mol. The van der Waals surface area contributed by atoms with Gasteiger partial charge in [0.2, 0.25) is 0 Å². The quantitative estimate of drug-likeness (QED) is 0.587. The Bertz CT molecular complexity index is 1130. The highest BCUT2D eigenvalue weighted by Gasteiger charge is 2.44. The second-order valence-corrected chi connectivity index (χ2v) is 8.70. The molecule has 2 aliphatic rings. The van der Waals surface area contributed by atoms with Crippen LogP contribution < -0.4 is 14.8 Å². The predicted octanol–water partition coefficient (Wildman–Crippen LogP) is 4.97. The summed E-state index contributed by atoms with van der Waals surface area (Å²) < 4.78 is 17.0. The number of hydrogen-bond acceptors (Lipinski definition) is 6. The minimum absolute atomic E-state index is 0.0637. The summed E-state index contributed by atoms with van der Waals surface area (Å²) in [6, 6.07) is 13.6. The summed E-state index contributed by atoms with van der Waals surface area (Å²) in [7, 11) is 1.61. The minimum Gasteiger partial charge on any atom is -0.496 e. The number of Topliss-reactive ketones (excluding diaryl/α,β-unsaturated/α-hetero) is 1. The molecule has 1 aliphatic heterocycles. The molecule has 6 heteroatoms. The van der Waals surface area contributed by atoms with Crippen molar-refractivity contribution < 1.29 is 23.8 Å². The Morgan fingerprint density at radius 2 is 1.91 bits per heavy atom. The molecule has 2 aromatic carbocycles. The molecule has 0 radical (unpaired) electrons. The number of benzene rings is 2. The zero-order chi connectivity index (χ0) is 24.2. The monoisotopic (exact) mass is 461 g/mol. The molecule has 2 atom stereocenters. The Morgan fingerprint density at radius 3 is 2.62 bits per heavy atom. The summed E-state index contributed by atoms with van der Waals surface area (Å²) in [4.78, 5) is 26.1. The third kappa shape index (κ3) is 4.72. The van der Waals surface area contributed by atoms with E-state index in [0.717, 1.165) is 41.0 Å². The highest BCUT2D eigenvalue weighted by atomic mass is 16.5. The van der Waals surface area contributed by atoms with Crippen LogP contribution in [0, 0.1) is 12.8 Å². The summed E-state index contributed by atoms with van der Waals surface area (Å²) in [5.74, 6) is -0.0534. The normalized spacial score (nSPS) is 19.9. The molecule has 0 bridgehead atoms. The van der Waals surface area contributed by atoms with E-state index in [1.165, 1.54) is 0 Å². The fourth-order valence-corrected chi connectivity index (χ4v) is 4.76. The maximum absolute atomic E-state index is 13.1. The highest BCUT2D eigenvalue weighted by Crippen LogP contribution is 2.45. The topological polar surface area (TPSA) is 73.9 Å². The van der Waals surface area contributed by atoms with Crippen molar-refractivity contribution in [2.75, 3.05) is 13.7 Å². The number of nitrogens with one attached hydrogen (secondary N) is 1. The Morgan fingerprint density at radius 1 is 1.15 bits per heavy atom. The van der Waals surface area contributed by atoms with Gasteiger partial charge >= 0.3 is 5.97 Å². The first kappa shape index (κ1) is 23.6. The van der Waals surface area contributed by atoms with Crippen molar-refractivity contribution in [3.8, 4) is 11.5 Å². The molecule has 0 amide bonds. The Labute approximate surface area is 200 Å². The lowest BCUT2D eigenvalue weighted by Gasteiger charge is -2.38. The van der Waals surface area contributed by atoms with Gasteiger partial charge in [-0.1, -0.05) is 30.3 Å². The first-order valence-electron chi connectivity index (χ1n) is 11.7. The van der Waals surface area contributed by atoms with Crippen molar-refractivity contribution in [1.82, 2.24) is 5.32 Å². The van der Waals surface area contributed by atoms with Crippen molar-refractivity contribution in [1.29, 1.82) is 0 Å². The number of ketones is 1. The van der Waals surface area contributed by atoms with Gasteiger partial charge in [0, 0.05) is 34.9 Å². The molecule has 4 rings (SSSR count). The average molecular weight is 462 g/mol. The summed E-state index contributed by atoms with van der Waals surface area (Å²) >= 11 is 0. The van der Waals surface area contributed by atoms with E-state index in [1.807, 2.05) is 49.4 Å². The lowest BCUT2D eigenvalue weighted by atomic mass is 9.71. The van der Waals surface area contributed by atoms with E-state index in [4.69, 9.17) is 14.2 Å². The summed E-state index contributed by atoms with van der Waals surface area (Å²) in [5.41, 5.74) is 4.91. The van der Waals surface area contributed by atoms with Gasteiger partial charge in [-0.25, -0.2) is 0 Å². The molecule has 2 unspecified atom stereocenters. The molecular formula is C28H31NO5. The maximum Gasteiger partial charge on any atom is 0.315 e. The van der Waals surface area contributed by atoms with E-state index in [9.17, 15) is 9.59 Å². The number of allylic oxidation sites excluding steroid dienone is 2. The zero-order valence-electron chi connectivity index (χ0n) is 20.0. The van der Waals surface area contributed by atoms with Crippen LogP contribution >= 0.6 is 0 Å². The molecule has 0 saturated heterocycles. The molecule has 1 N–H and O–H groups in total. The van der Waals surface area contributed by atoms with Gasteiger partial charge in [0.25, 0.3) is 0 Å². The second-order valence-electron chi connectivity index (χ2n) is 8.70. The van der Waals surface area contributed by atoms with E-state index in [2.05, 4.69) is 11.9 Å². The standard InChI is InChI=1S/C28H31NO5/c1-5-33-28(31)25-18(3)29-22-7-6-8-23(30)27(22)26(25)19-11-14-24(32-4)20(15-19)16-34-21-12-9-17(2)10-13-21/h9-15,25-26,29H,3,5-8,16H2,1-2,4H3. The van der Waals surface area contributed by atoms with Crippen LogP contribution in [-0.2, 0) is 20.9 Å². The van der Waals surface area contributed by atoms with Crippen molar-refractivity contribution in [3.63, 3.8) is 0 Å². The van der Waals surface area contributed by atoms with Crippen molar-refractivity contribution in [3.05, 3.63) is 82.7 Å². The van der Waals surface area contributed by atoms with Crippen molar-refractivity contribution in [2.24, 2.45) is 5.92 Å². The Kier molecular flexibility index (Phi) is 7.06. The average Bonchev–Trinajstić information content (AvgIpc) is 2.83. The van der Waals surface area contributed by atoms with Gasteiger partial charge in [-0.3, -0.25) is 9.59 Å². The van der Waals surface area contributed by atoms with Gasteiger partial charge < -0.3 is 19.5 Å². The van der Waals surface area contributed by atoms with E-state index >= 15 is 0 Å². The van der Waals surface area contributed by atoms with Crippen molar-refractivity contribution in [2.45, 2.75) is 45.6 Å². The number of ether oxygens (including phenoxy) is 3. The van der Waals surface area contributed by atoms with Crippen LogP contribution in [0.15, 0.2) is 66.0 Å². The van der Waals surface area contributed by atoms with Gasteiger partial charge in [0.05, 0.1) is 13.7 Å². The number of methoxy groups -OCH3 is 1. The number of rotatable bonds is 7. The van der Waals surface area contributed by atoms with Gasteiger partial charge in [-0.2, -0.15) is 0 Å². The van der Waals surface area contributed by atoms with Crippen molar-refractivity contribution >= 4 is 11.8 Å². The van der Waals surface area contributed by atoms with E-state index in [1.54, 1.807) is 14.0 Å². The highest BCUT2D eigenvalue weighted by molar-refractivity contribution is 6.00. The molecule has 0 spiro atoms. The fraction of sp³-hybridized carbons (Fsp3) is 0.357. The van der Waals surface area contributed by atoms with E-state index in [0.29, 0.717) is 23.4 Å². The first-order valence-corrected chi connectivity index (χ1v) is 11.7. The van der Waals surface area contributed by atoms with Crippen LogP contribution in [0.2, 0.25) is 0 Å². The van der Waals surface area contributed by atoms with Gasteiger partial charge in [0.15, 0.2) is 5.78 Å². The summed E-state index contributed by atoms with van der Waals surface area (Å²) in [6.07, 6.45) is 2.01.